The normalized spacial score (nSPS) is 11.5. The molecule has 1 heterocycles. The van der Waals surface area contributed by atoms with Crippen LogP contribution in [-0.2, 0) is 13.0 Å². The molecule has 2 aromatic rings. The first-order valence-corrected chi connectivity index (χ1v) is 7.73. The van der Waals surface area contributed by atoms with E-state index < -0.39 is 0 Å². The molecule has 22 heavy (non-hydrogen) atoms. The summed E-state index contributed by atoms with van der Waals surface area (Å²) in [6, 6.07) is 7.91. The fourth-order valence-corrected chi connectivity index (χ4v) is 2.33. The molecule has 0 unspecified atom stereocenters. The van der Waals surface area contributed by atoms with E-state index in [9.17, 15) is 0 Å². The molecule has 5 nitrogen and oxygen atoms in total. The topological polar surface area (TPSA) is 54.2 Å². The average molecular weight is 320 g/mol. The van der Waals surface area contributed by atoms with E-state index in [1.807, 2.05) is 42.2 Å². The van der Waals surface area contributed by atoms with Crippen LogP contribution in [0.1, 0.15) is 11.1 Å². The molecule has 0 aliphatic carbocycles. The quantitative estimate of drug-likeness (QED) is 0.634. The van der Waals surface area contributed by atoms with Gasteiger partial charge in [-0.25, -0.2) is 0 Å². The molecule has 118 valence electrons. The summed E-state index contributed by atoms with van der Waals surface area (Å²) in [4.78, 5) is 4.21. The lowest BCUT2D eigenvalue weighted by molar-refractivity contribution is 0.597. The van der Waals surface area contributed by atoms with Crippen LogP contribution in [0.25, 0.3) is 0 Å². The van der Waals surface area contributed by atoms with Gasteiger partial charge in [0.05, 0.1) is 12.7 Å². The summed E-state index contributed by atoms with van der Waals surface area (Å²) in [5, 5.41) is 11.6. The van der Waals surface area contributed by atoms with Gasteiger partial charge in [0.15, 0.2) is 5.96 Å². The number of nitrogens with zero attached hydrogens (tertiary/aromatic N) is 3. The zero-order valence-corrected chi connectivity index (χ0v) is 13.8. The van der Waals surface area contributed by atoms with Gasteiger partial charge in [-0.3, -0.25) is 9.67 Å². The molecule has 2 rings (SSSR count). The molecule has 0 aliphatic heterocycles. The lowest BCUT2D eigenvalue weighted by Gasteiger charge is -2.12. The van der Waals surface area contributed by atoms with Crippen LogP contribution in [0, 0.1) is 6.92 Å². The molecule has 0 atom stereocenters. The molecule has 0 spiro atoms. The number of aryl methyl sites for hydroxylation is 1. The maximum Gasteiger partial charge on any atom is 0.191 e. The number of aromatic nitrogens is 2. The summed E-state index contributed by atoms with van der Waals surface area (Å²) in [5.74, 6) is 0.797. The third-order valence-electron chi connectivity index (χ3n) is 3.21. The minimum absolute atomic E-state index is 0.773. The van der Waals surface area contributed by atoms with Crippen molar-refractivity contribution < 1.29 is 0 Å². The Balaban J connectivity index is 1.69. The third-order valence-corrected chi connectivity index (χ3v) is 3.45. The number of hydrogen-bond donors (Lipinski definition) is 2. The molecule has 1 aromatic heterocycles. The highest BCUT2D eigenvalue weighted by Gasteiger charge is 1.99. The number of guanidine groups is 1. The maximum absolute atomic E-state index is 5.98. The first kappa shape index (κ1) is 16.4. The van der Waals surface area contributed by atoms with Gasteiger partial charge in [0.2, 0.25) is 0 Å². The van der Waals surface area contributed by atoms with E-state index in [1.165, 1.54) is 11.1 Å². The summed E-state index contributed by atoms with van der Waals surface area (Å²) in [6.07, 6.45) is 4.79. The summed E-state index contributed by atoms with van der Waals surface area (Å²) in [6.45, 7) is 4.43. The molecule has 1 aromatic carbocycles. The smallest absolute Gasteiger partial charge is 0.191 e. The van der Waals surface area contributed by atoms with Crippen molar-refractivity contribution >= 4 is 17.6 Å². The van der Waals surface area contributed by atoms with Crippen molar-refractivity contribution in [2.24, 2.45) is 4.99 Å². The van der Waals surface area contributed by atoms with Crippen LogP contribution in [0.3, 0.4) is 0 Å². The van der Waals surface area contributed by atoms with Crippen molar-refractivity contribution in [1.29, 1.82) is 0 Å². The zero-order valence-electron chi connectivity index (χ0n) is 13.0. The minimum atomic E-state index is 0.773. The van der Waals surface area contributed by atoms with E-state index in [0.717, 1.165) is 37.0 Å². The Bertz CT molecular complexity index is 621. The van der Waals surface area contributed by atoms with Gasteiger partial charge in [-0.1, -0.05) is 23.7 Å². The summed E-state index contributed by atoms with van der Waals surface area (Å²) in [5.41, 5.74) is 2.38. The van der Waals surface area contributed by atoms with Crippen molar-refractivity contribution in [1.82, 2.24) is 20.4 Å². The predicted molar refractivity (Wildman–Crippen MR) is 91.5 cm³/mol. The Morgan fingerprint density at radius 2 is 2.14 bits per heavy atom. The molecular formula is C16H22ClN5. The van der Waals surface area contributed by atoms with Crippen molar-refractivity contribution in [3.05, 3.63) is 52.8 Å². The monoisotopic (exact) mass is 319 g/mol. The molecule has 0 aliphatic rings. The van der Waals surface area contributed by atoms with Crippen LogP contribution in [0.4, 0.5) is 0 Å². The molecular weight excluding hydrogens is 298 g/mol. The van der Waals surface area contributed by atoms with E-state index in [-0.39, 0.29) is 0 Å². The van der Waals surface area contributed by atoms with E-state index in [4.69, 9.17) is 11.6 Å². The van der Waals surface area contributed by atoms with Gasteiger partial charge in [0, 0.05) is 31.4 Å². The number of nitrogens with one attached hydrogen (secondary N) is 2. The van der Waals surface area contributed by atoms with Gasteiger partial charge in [-0.05, 0) is 36.6 Å². The van der Waals surface area contributed by atoms with Crippen LogP contribution in [0.2, 0.25) is 5.02 Å². The van der Waals surface area contributed by atoms with Gasteiger partial charge < -0.3 is 10.6 Å². The average Bonchev–Trinajstić information content (AvgIpc) is 2.91. The second-order valence-corrected chi connectivity index (χ2v) is 5.52. The zero-order chi connectivity index (χ0) is 15.8. The van der Waals surface area contributed by atoms with Crippen molar-refractivity contribution in [3.63, 3.8) is 0 Å². The van der Waals surface area contributed by atoms with Crippen LogP contribution in [0.5, 0.6) is 0 Å². The van der Waals surface area contributed by atoms with Gasteiger partial charge in [0.1, 0.15) is 0 Å². The minimum Gasteiger partial charge on any atom is -0.356 e. The summed E-state index contributed by atoms with van der Waals surface area (Å²) in [7, 11) is 1.77. The van der Waals surface area contributed by atoms with Gasteiger partial charge in [-0.2, -0.15) is 5.10 Å². The maximum atomic E-state index is 5.98. The Kier molecular flexibility index (Phi) is 6.27. The van der Waals surface area contributed by atoms with Gasteiger partial charge >= 0.3 is 0 Å². The van der Waals surface area contributed by atoms with E-state index in [0.29, 0.717) is 0 Å². The van der Waals surface area contributed by atoms with Gasteiger partial charge in [0.25, 0.3) is 0 Å². The first-order valence-electron chi connectivity index (χ1n) is 7.35. The number of benzene rings is 1. The Hall–Kier alpha value is -2.01. The second kappa shape index (κ2) is 8.44. The molecule has 0 saturated carbocycles. The summed E-state index contributed by atoms with van der Waals surface area (Å²) < 4.78 is 1.92. The molecule has 2 N–H and O–H groups in total. The Labute approximate surface area is 136 Å². The number of rotatable bonds is 6. The fourth-order valence-electron chi connectivity index (χ4n) is 2.12. The highest BCUT2D eigenvalue weighted by Crippen LogP contribution is 2.10. The highest BCUT2D eigenvalue weighted by atomic mass is 35.5. The molecule has 0 amide bonds. The number of halogens is 1. The largest absolute Gasteiger partial charge is 0.356 e. The SMILES string of the molecule is CN=C(NCCc1cccc(Cl)c1)NCCn1cc(C)cn1. The second-order valence-electron chi connectivity index (χ2n) is 5.09. The lowest BCUT2D eigenvalue weighted by atomic mass is 10.1. The Morgan fingerprint density at radius 1 is 1.32 bits per heavy atom. The van der Waals surface area contributed by atoms with E-state index >= 15 is 0 Å². The van der Waals surface area contributed by atoms with Crippen LogP contribution < -0.4 is 10.6 Å². The predicted octanol–water partition coefficient (Wildman–Crippen LogP) is 2.25. The third kappa shape index (κ3) is 5.41. The molecule has 0 fully saturated rings. The van der Waals surface area contributed by atoms with E-state index in [1.54, 1.807) is 7.05 Å². The lowest BCUT2D eigenvalue weighted by Crippen LogP contribution is -2.39. The number of aliphatic imine (C=N–C) groups is 1. The van der Waals surface area contributed by atoms with Crippen LogP contribution in [-0.4, -0.2) is 35.9 Å². The molecule has 0 radical (unpaired) electrons. The van der Waals surface area contributed by atoms with Crippen molar-refractivity contribution in [3.8, 4) is 0 Å². The standard InChI is InChI=1S/C16H22ClN5/c1-13-11-21-22(12-13)9-8-20-16(18-2)19-7-6-14-4-3-5-15(17)10-14/h3-5,10-12H,6-9H2,1-2H3,(H2,18,19,20). The molecule has 0 saturated heterocycles. The van der Waals surface area contributed by atoms with Crippen LogP contribution >= 0.6 is 11.6 Å². The fraction of sp³-hybridized carbons (Fsp3) is 0.375. The van der Waals surface area contributed by atoms with E-state index in [2.05, 4.69) is 26.8 Å². The number of hydrogen-bond acceptors (Lipinski definition) is 2. The molecule has 6 heteroatoms. The van der Waals surface area contributed by atoms with Crippen molar-refractivity contribution in [2.75, 3.05) is 20.1 Å². The van der Waals surface area contributed by atoms with Gasteiger partial charge in [-0.15, -0.1) is 0 Å². The summed E-state index contributed by atoms with van der Waals surface area (Å²) >= 11 is 5.98. The molecule has 0 bridgehead atoms. The van der Waals surface area contributed by atoms with Crippen LogP contribution in [0.15, 0.2) is 41.7 Å². The first-order chi connectivity index (χ1) is 10.7. The highest BCUT2D eigenvalue weighted by molar-refractivity contribution is 6.30. The van der Waals surface area contributed by atoms with Crippen molar-refractivity contribution in [2.45, 2.75) is 19.9 Å². The Morgan fingerprint density at radius 3 is 2.82 bits per heavy atom.